The minimum Gasteiger partial charge on any atom is -0.485 e. The fourth-order valence-corrected chi connectivity index (χ4v) is 1.88. The molecule has 4 nitrogen and oxygen atoms in total. The van der Waals surface area contributed by atoms with E-state index in [9.17, 15) is 0 Å². The molecular weight excluding hydrogens is 216 g/mol. The predicted molar refractivity (Wildman–Crippen MR) is 66.5 cm³/mol. The van der Waals surface area contributed by atoms with Gasteiger partial charge in [-0.05, 0) is 38.9 Å². The highest BCUT2D eigenvalue weighted by molar-refractivity contribution is 5.32. The second-order valence-electron chi connectivity index (χ2n) is 4.64. The molecule has 1 unspecified atom stereocenters. The quantitative estimate of drug-likeness (QED) is 0.847. The second-order valence-corrected chi connectivity index (χ2v) is 4.64. The highest BCUT2D eigenvalue weighted by atomic mass is 16.5. The van der Waals surface area contributed by atoms with E-state index in [1.807, 2.05) is 26.0 Å². The molecule has 1 saturated heterocycles. The van der Waals surface area contributed by atoms with Crippen molar-refractivity contribution in [1.82, 2.24) is 10.3 Å². The number of hydrogen-bond donors (Lipinski definition) is 1. The third-order valence-electron chi connectivity index (χ3n) is 2.72. The van der Waals surface area contributed by atoms with Gasteiger partial charge >= 0.3 is 0 Å². The van der Waals surface area contributed by atoms with Gasteiger partial charge in [-0.25, -0.2) is 4.98 Å². The van der Waals surface area contributed by atoms with Crippen molar-refractivity contribution >= 4 is 0 Å². The lowest BCUT2D eigenvalue weighted by molar-refractivity contribution is 0.202. The Balaban J connectivity index is 1.94. The summed E-state index contributed by atoms with van der Waals surface area (Å²) < 4.78 is 11.4. The van der Waals surface area contributed by atoms with Gasteiger partial charge in [-0.2, -0.15) is 0 Å². The monoisotopic (exact) mass is 236 g/mol. The molecule has 1 N–H and O–H groups in total. The molecule has 94 valence electrons. The maximum absolute atomic E-state index is 5.75. The van der Waals surface area contributed by atoms with Crippen molar-refractivity contribution in [1.29, 1.82) is 0 Å². The highest BCUT2D eigenvalue weighted by Gasteiger charge is 2.16. The summed E-state index contributed by atoms with van der Waals surface area (Å²) in [7, 11) is 0. The van der Waals surface area contributed by atoms with E-state index in [4.69, 9.17) is 9.47 Å². The molecule has 2 heterocycles. The molecule has 0 aliphatic carbocycles. The number of aromatic nitrogens is 1. The Morgan fingerprint density at radius 2 is 2.41 bits per heavy atom. The Labute approximate surface area is 102 Å². The van der Waals surface area contributed by atoms with Crippen LogP contribution in [0.2, 0.25) is 0 Å². The molecule has 0 bridgehead atoms. The van der Waals surface area contributed by atoms with Gasteiger partial charge < -0.3 is 14.8 Å². The molecule has 0 saturated carbocycles. The predicted octanol–water partition coefficient (Wildman–Crippen LogP) is 1.86. The van der Waals surface area contributed by atoms with Gasteiger partial charge in [0.1, 0.15) is 0 Å². The number of ether oxygens (including phenoxy) is 2. The van der Waals surface area contributed by atoms with Crippen LogP contribution in [-0.2, 0) is 0 Å². The molecule has 1 aliphatic rings. The van der Waals surface area contributed by atoms with E-state index in [1.165, 1.54) is 6.42 Å². The van der Waals surface area contributed by atoms with Gasteiger partial charge in [-0.1, -0.05) is 0 Å². The van der Waals surface area contributed by atoms with E-state index in [-0.39, 0.29) is 6.10 Å². The summed E-state index contributed by atoms with van der Waals surface area (Å²) in [4.78, 5) is 4.23. The largest absolute Gasteiger partial charge is 0.485 e. The first-order chi connectivity index (χ1) is 8.25. The number of rotatable bonds is 5. The topological polar surface area (TPSA) is 43.4 Å². The first kappa shape index (κ1) is 12.2. The van der Waals surface area contributed by atoms with Crippen LogP contribution < -0.4 is 14.8 Å². The summed E-state index contributed by atoms with van der Waals surface area (Å²) in [6, 6.07) is 3.76. The van der Waals surface area contributed by atoms with E-state index < -0.39 is 0 Å². The summed E-state index contributed by atoms with van der Waals surface area (Å²) >= 11 is 0. The Morgan fingerprint density at radius 1 is 1.53 bits per heavy atom. The van der Waals surface area contributed by atoms with Gasteiger partial charge in [-0.3, -0.25) is 0 Å². The molecule has 0 spiro atoms. The minimum absolute atomic E-state index is 0.134. The van der Waals surface area contributed by atoms with Crippen LogP contribution in [0.3, 0.4) is 0 Å². The molecule has 0 amide bonds. The van der Waals surface area contributed by atoms with E-state index >= 15 is 0 Å². The highest BCUT2D eigenvalue weighted by Crippen LogP contribution is 2.25. The molecule has 1 fully saturated rings. The normalized spacial score (nSPS) is 19.6. The molecule has 1 atom stereocenters. The summed E-state index contributed by atoms with van der Waals surface area (Å²) in [5, 5.41) is 3.32. The number of hydrogen-bond acceptors (Lipinski definition) is 4. The van der Waals surface area contributed by atoms with E-state index in [0.717, 1.165) is 18.8 Å². The van der Waals surface area contributed by atoms with Crippen molar-refractivity contribution in [2.45, 2.75) is 26.4 Å². The van der Waals surface area contributed by atoms with Crippen LogP contribution in [0, 0.1) is 5.92 Å². The average molecular weight is 236 g/mol. The number of nitrogens with zero attached hydrogens (tertiary/aromatic N) is 1. The molecule has 2 rings (SSSR count). The summed E-state index contributed by atoms with van der Waals surface area (Å²) in [6.07, 6.45) is 3.04. The summed E-state index contributed by atoms with van der Waals surface area (Å²) in [6.45, 7) is 6.83. The standard InChI is InChI=1S/C13H20N2O2/c1-10(2)17-12-4-3-6-15-13(12)16-9-11-5-7-14-8-11/h3-4,6,10-11,14H,5,7-9H2,1-2H3. The molecule has 1 aromatic heterocycles. The lowest BCUT2D eigenvalue weighted by Gasteiger charge is -2.15. The first-order valence-corrected chi connectivity index (χ1v) is 6.21. The molecular formula is C13H20N2O2. The van der Waals surface area contributed by atoms with Crippen LogP contribution in [0.4, 0.5) is 0 Å². The van der Waals surface area contributed by atoms with Crippen molar-refractivity contribution in [3.8, 4) is 11.6 Å². The molecule has 4 heteroatoms. The maximum Gasteiger partial charge on any atom is 0.257 e. The third-order valence-corrected chi connectivity index (χ3v) is 2.72. The lowest BCUT2D eigenvalue weighted by Crippen LogP contribution is -2.16. The Bertz CT molecular complexity index is 349. The Morgan fingerprint density at radius 3 is 3.12 bits per heavy atom. The van der Waals surface area contributed by atoms with Gasteiger partial charge in [-0.15, -0.1) is 0 Å². The fraction of sp³-hybridized carbons (Fsp3) is 0.615. The van der Waals surface area contributed by atoms with Gasteiger partial charge in [0.15, 0.2) is 5.75 Å². The third kappa shape index (κ3) is 3.60. The first-order valence-electron chi connectivity index (χ1n) is 6.21. The zero-order valence-electron chi connectivity index (χ0n) is 10.5. The second kappa shape index (κ2) is 5.87. The van der Waals surface area contributed by atoms with Gasteiger partial charge in [0.2, 0.25) is 0 Å². The molecule has 0 aromatic carbocycles. The minimum atomic E-state index is 0.134. The van der Waals surface area contributed by atoms with Crippen molar-refractivity contribution < 1.29 is 9.47 Å². The van der Waals surface area contributed by atoms with Gasteiger partial charge in [0.05, 0.1) is 12.7 Å². The number of nitrogens with one attached hydrogen (secondary N) is 1. The van der Waals surface area contributed by atoms with E-state index in [0.29, 0.717) is 18.4 Å². The zero-order chi connectivity index (χ0) is 12.1. The zero-order valence-corrected chi connectivity index (χ0v) is 10.5. The smallest absolute Gasteiger partial charge is 0.257 e. The molecule has 0 radical (unpaired) electrons. The molecule has 17 heavy (non-hydrogen) atoms. The summed E-state index contributed by atoms with van der Waals surface area (Å²) in [5.41, 5.74) is 0. The van der Waals surface area contributed by atoms with Gasteiger partial charge in [0.25, 0.3) is 5.88 Å². The number of pyridine rings is 1. The van der Waals surface area contributed by atoms with Crippen molar-refractivity contribution in [3.63, 3.8) is 0 Å². The lowest BCUT2D eigenvalue weighted by atomic mass is 10.1. The van der Waals surface area contributed by atoms with E-state index in [2.05, 4.69) is 10.3 Å². The Hall–Kier alpha value is -1.29. The fourth-order valence-electron chi connectivity index (χ4n) is 1.88. The van der Waals surface area contributed by atoms with Gasteiger partial charge in [0, 0.05) is 18.7 Å². The average Bonchev–Trinajstić information content (AvgIpc) is 2.80. The van der Waals surface area contributed by atoms with Crippen LogP contribution in [0.1, 0.15) is 20.3 Å². The summed E-state index contributed by atoms with van der Waals surface area (Å²) in [5.74, 6) is 1.92. The molecule has 1 aliphatic heterocycles. The van der Waals surface area contributed by atoms with Crippen LogP contribution in [0.15, 0.2) is 18.3 Å². The van der Waals surface area contributed by atoms with Crippen LogP contribution in [0.5, 0.6) is 11.6 Å². The van der Waals surface area contributed by atoms with Crippen molar-refractivity contribution in [2.75, 3.05) is 19.7 Å². The molecule has 1 aromatic rings. The maximum atomic E-state index is 5.75. The Kier molecular flexibility index (Phi) is 4.20. The van der Waals surface area contributed by atoms with Crippen molar-refractivity contribution in [3.05, 3.63) is 18.3 Å². The van der Waals surface area contributed by atoms with Crippen LogP contribution >= 0.6 is 0 Å². The van der Waals surface area contributed by atoms with E-state index in [1.54, 1.807) is 6.20 Å². The van der Waals surface area contributed by atoms with Crippen LogP contribution in [-0.4, -0.2) is 30.8 Å². The van der Waals surface area contributed by atoms with Crippen molar-refractivity contribution in [2.24, 2.45) is 5.92 Å². The van der Waals surface area contributed by atoms with Crippen LogP contribution in [0.25, 0.3) is 0 Å². The SMILES string of the molecule is CC(C)Oc1cccnc1OCC1CCNC1.